The molecule has 0 radical (unpaired) electrons. The molecule has 0 saturated heterocycles. The zero-order valence-electron chi connectivity index (χ0n) is 7.65. The van der Waals surface area contributed by atoms with Crippen molar-refractivity contribution in [3.05, 3.63) is 23.0 Å². The molecule has 0 atom stereocenters. The minimum absolute atomic E-state index is 0.00377. The smallest absolute Gasteiger partial charge is 0.398 e. The van der Waals surface area contributed by atoms with Gasteiger partial charge in [-0.2, -0.15) is 13.2 Å². The van der Waals surface area contributed by atoms with Crippen LogP contribution in [0.3, 0.4) is 0 Å². The van der Waals surface area contributed by atoms with Gasteiger partial charge in [0.05, 0.1) is 11.3 Å². The lowest BCUT2D eigenvalue weighted by molar-refractivity contribution is -0.143. The number of anilines is 1. The first-order valence-electron chi connectivity index (χ1n) is 3.98. The predicted octanol–water partition coefficient (Wildman–Crippen LogP) is 3.52. The Bertz CT molecular complexity index is 391. The third-order valence-electron chi connectivity index (χ3n) is 1.77. The highest BCUT2D eigenvalue weighted by Crippen LogP contribution is 2.38. The van der Waals surface area contributed by atoms with E-state index >= 15 is 0 Å². The maximum absolute atomic E-state index is 12.4. The highest BCUT2D eigenvalue weighted by Gasteiger charge is 2.39. The Labute approximate surface area is 95.8 Å². The highest BCUT2D eigenvalue weighted by molar-refractivity contribution is 9.08. The van der Waals surface area contributed by atoms with E-state index in [4.69, 9.17) is 5.73 Å². The average molecular weight is 305 g/mol. The lowest BCUT2D eigenvalue weighted by atomic mass is 10.1. The third-order valence-corrected chi connectivity index (χ3v) is 2.34. The zero-order valence-corrected chi connectivity index (χ0v) is 9.24. The van der Waals surface area contributed by atoms with Gasteiger partial charge >= 0.3 is 6.18 Å². The summed E-state index contributed by atoms with van der Waals surface area (Å²) in [4.78, 5) is 3.11. The Morgan fingerprint density at radius 1 is 1.38 bits per heavy atom. The zero-order chi connectivity index (χ0) is 12.5. The largest absolute Gasteiger partial charge is 0.433 e. The van der Waals surface area contributed by atoms with Gasteiger partial charge in [0, 0.05) is 11.0 Å². The van der Waals surface area contributed by atoms with Crippen molar-refractivity contribution in [2.75, 3.05) is 5.73 Å². The summed E-state index contributed by atoms with van der Waals surface area (Å²) in [6.45, 7) is 0. The molecule has 90 valence electrons. The van der Waals surface area contributed by atoms with E-state index in [0.717, 1.165) is 6.07 Å². The van der Waals surface area contributed by atoms with Crippen molar-refractivity contribution < 1.29 is 22.0 Å². The van der Waals surface area contributed by atoms with Crippen LogP contribution in [0, 0.1) is 0 Å². The monoisotopic (exact) mass is 304 g/mol. The number of alkyl halides is 6. The summed E-state index contributed by atoms with van der Waals surface area (Å²) in [7, 11) is 0. The van der Waals surface area contributed by atoms with Gasteiger partial charge in [-0.15, -0.1) is 0 Å². The van der Waals surface area contributed by atoms with Gasteiger partial charge in [-0.3, -0.25) is 0 Å². The number of halogens is 6. The number of pyridine rings is 1. The number of hydrogen-bond donors (Lipinski definition) is 1. The first-order chi connectivity index (χ1) is 7.27. The van der Waals surface area contributed by atoms with Crippen LogP contribution in [0.25, 0.3) is 0 Å². The Kier molecular flexibility index (Phi) is 3.72. The topological polar surface area (TPSA) is 38.9 Å². The second-order valence-electron chi connectivity index (χ2n) is 2.90. The van der Waals surface area contributed by atoms with Crippen molar-refractivity contribution in [3.8, 4) is 0 Å². The molecule has 0 aliphatic heterocycles. The molecule has 0 bridgehead atoms. The first-order valence-corrected chi connectivity index (χ1v) is 5.10. The molecule has 1 aromatic heterocycles. The Hall–Kier alpha value is -0.920. The van der Waals surface area contributed by atoms with Crippen LogP contribution in [0.5, 0.6) is 0 Å². The lowest BCUT2D eigenvalue weighted by Crippen LogP contribution is -2.15. The highest BCUT2D eigenvalue weighted by atomic mass is 79.9. The molecule has 0 fully saturated rings. The van der Waals surface area contributed by atoms with E-state index in [1.807, 2.05) is 0 Å². The fourth-order valence-corrected chi connectivity index (χ4v) is 1.43. The Morgan fingerprint density at radius 2 is 1.94 bits per heavy atom. The van der Waals surface area contributed by atoms with E-state index in [-0.39, 0.29) is 11.0 Å². The Morgan fingerprint density at radius 3 is 2.31 bits per heavy atom. The van der Waals surface area contributed by atoms with Crippen LogP contribution in [0.2, 0.25) is 0 Å². The van der Waals surface area contributed by atoms with Gasteiger partial charge in [0.15, 0.2) is 5.69 Å². The standard InChI is InChI=1S/C8H6BrF5N2/c9-2-3-1-4(15)5(7(10)11)6(16-3)8(12,13)14/h1,7H,2H2,(H2,15,16). The van der Waals surface area contributed by atoms with E-state index in [1.54, 1.807) is 0 Å². The normalized spacial score (nSPS) is 12.2. The molecule has 0 aliphatic carbocycles. The molecular formula is C8H6BrF5N2. The van der Waals surface area contributed by atoms with Gasteiger partial charge in [0.2, 0.25) is 0 Å². The van der Waals surface area contributed by atoms with Crippen LogP contribution in [0.15, 0.2) is 6.07 Å². The average Bonchev–Trinajstić information content (AvgIpc) is 2.14. The Balaban J connectivity index is 3.47. The summed E-state index contributed by atoms with van der Waals surface area (Å²) in [5.41, 5.74) is 1.61. The first kappa shape index (κ1) is 13.1. The molecule has 0 spiro atoms. The van der Waals surface area contributed by atoms with Crippen LogP contribution in [-0.2, 0) is 11.5 Å². The van der Waals surface area contributed by atoms with Gasteiger partial charge in [-0.25, -0.2) is 13.8 Å². The molecule has 2 N–H and O–H groups in total. The number of nitrogen functional groups attached to an aromatic ring is 1. The van der Waals surface area contributed by atoms with Crippen molar-refractivity contribution in [2.45, 2.75) is 17.9 Å². The molecule has 0 unspecified atom stereocenters. The van der Waals surface area contributed by atoms with Crippen LogP contribution in [0.1, 0.15) is 23.4 Å². The van der Waals surface area contributed by atoms with Gasteiger partial charge in [0.25, 0.3) is 6.43 Å². The second kappa shape index (κ2) is 4.52. The number of rotatable bonds is 2. The van der Waals surface area contributed by atoms with Crippen molar-refractivity contribution in [1.29, 1.82) is 0 Å². The second-order valence-corrected chi connectivity index (χ2v) is 3.46. The summed E-state index contributed by atoms with van der Waals surface area (Å²) in [5, 5.41) is 0.00377. The van der Waals surface area contributed by atoms with Gasteiger partial charge in [0.1, 0.15) is 0 Å². The number of aromatic nitrogens is 1. The van der Waals surface area contributed by atoms with Crippen molar-refractivity contribution in [1.82, 2.24) is 4.98 Å². The van der Waals surface area contributed by atoms with E-state index in [0.29, 0.717) is 0 Å². The summed E-state index contributed by atoms with van der Waals surface area (Å²) in [6.07, 6.45) is -8.26. The molecule has 0 saturated carbocycles. The molecule has 1 heterocycles. The maximum Gasteiger partial charge on any atom is 0.433 e. The number of nitrogens with zero attached hydrogens (tertiary/aromatic N) is 1. The molecule has 2 nitrogen and oxygen atoms in total. The summed E-state index contributed by atoms with van der Waals surface area (Å²) < 4.78 is 62.2. The van der Waals surface area contributed by atoms with Crippen molar-refractivity contribution in [3.63, 3.8) is 0 Å². The fraction of sp³-hybridized carbons (Fsp3) is 0.375. The number of hydrogen-bond acceptors (Lipinski definition) is 2. The van der Waals surface area contributed by atoms with Crippen LogP contribution < -0.4 is 5.73 Å². The van der Waals surface area contributed by atoms with Gasteiger partial charge in [-0.05, 0) is 6.07 Å². The van der Waals surface area contributed by atoms with Crippen molar-refractivity contribution >= 4 is 21.6 Å². The summed E-state index contributed by atoms with van der Waals surface area (Å²) in [5.74, 6) is 0. The third kappa shape index (κ3) is 2.60. The predicted molar refractivity (Wildman–Crippen MR) is 51.2 cm³/mol. The van der Waals surface area contributed by atoms with Gasteiger partial charge in [-0.1, -0.05) is 15.9 Å². The quantitative estimate of drug-likeness (QED) is 0.671. The molecule has 1 aromatic rings. The molecule has 0 aromatic carbocycles. The lowest BCUT2D eigenvalue weighted by Gasteiger charge is -2.14. The summed E-state index contributed by atoms with van der Waals surface area (Å²) in [6, 6.07) is 0.992. The van der Waals surface area contributed by atoms with E-state index < -0.39 is 29.5 Å². The van der Waals surface area contributed by atoms with Crippen LogP contribution in [-0.4, -0.2) is 4.98 Å². The molecule has 0 amide bonds. The fourth-order valence-electron chi connectivity index (χ4n) is 1.14. The summed E-state index contributed by atoms with van der Waals surface area (Å²) >= 11 is 2.88. The van der Waals surface area contributed by atoms with E-state index in [2.05, 4.69) is 20.9 Å². The van der Waals surface area contributed by atoms with Crippen LogP contribution in [0.4, 0.5) is 27.6 Å². The molecule has 16 heavy (non-hydrogen) atoms. The minimum atomic E-state index is -4.95. The van der Waals surface area contributed by atoms with Crippen LogP contribution >= 0.6 is 15.9 Å². The number of nitrogens with two attached hydrogens (primary N) is 1. The maximum atomic E-state index is 12.4. The van der Waals surface area contributed by atoms with Gasteiger partial charge < -0.3 is 5.73 Å². The minimum Gasteiger partial charge on any atom is -0.398 e. The SMILES string of the molecule is Nc1cc(CBr)nc(C(F)(F)F)c1C(F)F. The molecule has 8 heteroatoms. The van der Waals surface area contributed by atoms with E-state index in [9.17, 15) is 22.0 Å². The molecular weight excluding hydrogens is 299 g/mol. The molecule has 0 aliphatic rings. The van der Waals surface area contributed by atoms with Crippen molar-refractivity contribution in [2.24, 2.45) is 0 Å². The van der Waals surface area contributed by atoms with E-state index in [1.165, 1.54) is 0 Å². The molecule has 1 rings (SSSR count).